The molecular weight excluding hydrogens is 380 g/mol. The van der Waals surface area contributed by atoms with Gasteiger partial charge >= 0.3 is 18.2 Å². The first-order chi connectivity index (χ1) is 13.3. The molecule has 0 saturated carbocycles. The number of carbonyl (C=O) groups is 3. The van der Waals surface area contributed by atoms with Crippen LogP contribution in [-0.2, 0) is 14.3 Å². The van der Waals surface area contributed by atoms with Crippen LogP contribution in [0.15, 0.2) is 42.5 Å². The van der Waals surface area contributed by atoms with Crippen molar-refractivity contribution < 1.29 is 42.1 Å². The molecule has 2 aromatic rings. The number of benzene rings is 2. The van der Waals surface area contributed by atoms with Gasteiger partial charge in [-0.1, -0.05) is 0 Å². The fourth-order valence-electron chi connectivity index (χ4n) is 2.30. The summed E-state index contributed by atoms with van der Waals surface area (Å²) in [7, 11) is 1.23. The lowest BCUT2D eigenvalue weighted by Gasteiger charge is -2.07. The fourth-order valence-corrected chi connectivity index (χ4v) is 2.30. The maximum atomic E-state index is 13.0. The van der Waals surface area contributed by atoms with E-state index in [1.807, 2.05) is 0 Å². The molecule has 1 heterocycles. The summed E-state index contributed by atoms with van der Waals surface area (Å²) in [4.78, 5) is 35.2. The highest BCUT2D eigenvalue weighted by molar-refractivity contribution is 5.96. The number of fused-ring (bicyclic) bond motifs is 1. The molecule has 0 fully saturated rings. The molecule has 0 spiro atoms. The SMILES string of the molecule is COC(=O)c1ccc(C(=O)OCC(=O)Nc2ccc3c(c2)OC(F)(F)O3)cc1. The molecule has 0 bridgehead atoms. The first-order valence-electron chi connectivity index (χ1n) is 7.82. The minimum Gasteiger partial charge on any atom is -0.465 e. The number of alkyl halides is 2. The zero-order valence-corrected chi connectivity index (χ0v) is 14.4. The Kier molecular flexibility index (Phi) is 5.12. The van der Waals surface area contributed by atoms with E-state index < -0.39 is 30.7 Å². The second-order valence-electron chi connectivity index (χ2n) is 5.52. The van der Waals surface area contributed by atoms with Crippen molar-refractivity contribution in [2.24, 2.45) is 0 Å². The van der Waals surface area contributed by atoms with Gasteiger partial charge in [-0.2, -0.15) is 0 Å². The molecular formula is C18H13F2NO7. The van der Waals surface area contributed by atoms with Crippen LogP contribution in [0.4, 0.5) is 14.5 Å². The summed E-state index contributed by atoms with van der Waals surface area (Å²) in [5.74, 6) is -2.42. The number of halogens is 2. The topological polar surface area (TPSA) is 100 Å². The average molecular weight is 393 g/mol. The Hall–Kier alpha value is -3.69. The van der Waals surface area contributed by atoms with Crippen LogP contribution in [0.3, 0.4) is 0 Å². The number of esters is 2. The molecule has 0 radical (unpaired) electrons. The summed E-state index contributed by atoms with van der Waals surface area (Å²) < 4.78 is 43.9. The van der Waals surface area contributed by atoms with Gasteiger partial charge in [0.15, 0.2) is 18.1 Å². The van der Waals surface area contributed by atoms with Crippen LogP contribution in [-0.4, -0.2) is 37.9 Å². The second kappa shape index (κ2) is 7.51. The molecule has 1 N–H and O–H groups in total. The number of rotatable bonds is 5. The van der Waals surface area contributed by atoms with E-state index in [4.69, 9.17) is 4.74 Å². The van der Waals surface area contributed by atoms with E-state index in [0.717, 1.165) is 6.07 Å². The summed E-state index contributed by atoms with van der Waals surface area (Å²) in [5, 5.41) is 2.38. The van der Waals surface area contributed by atoms with E-state index in [-0.39, 0.29) is 28.3 Å². The predicted molar refractivity (Wildman–Crippen MR) is 89.3 cm³/mol. The number of carbonyl (C=O) groups excluding carboxylic acids is 3. The lowest BCUT2D eigenvalue weighted by Crippen LogP contribution is -2.25. The summed E-state index contributed by atoms with van der Waals surface area (Å²) in [5.41, 5.74) is 0.541. The molecule has 0 aromatic heterocycles. The molecule has 3 rings (SSSR count). The van der Waals surface area contributed by atoms with E-state index in [2.05, 4.69) is 19.5 Å². The van der Waals surface area contributed by atoms with Crippen molar-refractivity contribution in [1.29, 1.82) is 0 Å². The molecule has 1 aliphatic rings. The lowest BCUT2D eigenvalue weighted by molar-refractivity contribution is -0.286. The fraction of sp³-hybridized carbons (Fsp3) is 0.167. The molecule has 0 saturated heterocycles. The smallest absolute Gasteiger partial charge is 0.465 e. The van der Waals surface area contributed by atoms with Gasteiger partial charge in [0.25, 0.3) is 5.91 Å². The van der Waals surface area contributed by atoms with Gasteiger partial charge in [-0.05, 0) is 36.4 Å². The maximum absolute atomic E-state index is 13.0. The minimum absolute atomic E-state index is 0.130. The summed E-state index contributed by atoms with van der Waals surface area (Å²) >= 11 is 0. The molecule has 8 nitrogen and oxygen atoms in total. The lowest BCUT2D eigenvalue weighted by atomic mass is 10.1. The van der Waals surface area contributed by atoms with Crippen LogP contribution in [0.25, 0.3) is 0 Å². The molecule has 0 atom stereocenters. The maximum Gasteiger partial charge on any atom is 0.586 e. The monoisotopic (exact) mass is 393 g/mol. The summed E-state index contributed by atoms with van der Waals surface area (Å²) in [6.45, 7) is -0.609. The number of anilines is 1. The molecule has 1 aliphatic heterocycles. The van der Waals surface area contributed by atoms with E-state index in [9.17, 15) is 23.2 Å². The van der Waals surface area contributed by atoms with E-state index >= 15 is 0 Å². The van der Waals surface area contributed by atoms with Crippen molar-refractivity contribution in [2.75, 3.05) is 19.0 Å². The Balaban J connectivity index is 1.53. The van der Waals surface area contributed by atoms with Crippen molar-refractivity contribution in [2.45, 2.75) is 6.29 Å². The third kappa shape index (κ3) is 4.34. The van der Waals surface area contributed by atoms with Gasteiger partial charge < -0.3 is 24.3 Å². The number of amides is 1. The normalized spacial score (nSPS) is 13.5. The van der Waals surface area contributed by atoms with Gasteiger partial charge in [0.1, 0.15) is 0 Å². The van der Waals surface area contributed by atoms with Crippen LogP contribution >= 0.6 is 0 Å². The Labute approximate surface area is 156 Å². The van der Waals surface area contributed by atoms with Crippen LogP contribution in [0, 0.1) is 0 Å². The van der Waals surface area contributed by atoms with Crippen molar-refractivity contribution in [3.05, 3.63) is 53.6 Å². The van der Waals surface area contributed by atoms with Gasteiger partial charge in [-0.25, -0.2) is 9.59 Å². The molecule has 28 heavy (non-hydrogen) atoms. The third-order valence-corrected chi connectivity index (χ3v) is 3.56. The molecule has 0 unspecified atom stereocenters. The minimum atomic E-state index is -3.76. The van der Waals surface area contributed by atoms with Crippen LogP contribution in [0.1, 0.15) is 20.7 Å². The molecule has 146 valence electrons. The number of nitrogens with one attached hydrogen (secondary N) is 1. The van der Waals surface area contributed by atoms with E-state index in [0.29, 0.717) is 0 Å². The first kappa shape index (κ1) is 19.1. The van der Waals surface area contributed by atoms with Crippen molar-refractivity contribution in [3.63, 3.8) is 0 Å². The Bertz CT molecular complexity index is 928. The highest BCUT2D eigenvalue weighted by Crippen LogP contribution is 2.42. The van der Waals surface area contributed by atoms with Gasteiger partial charge in [0, 0.05) is 11.8 Å². The van der Waals surface area contributed by atoms with Crippen molar-refractivity contribution in [3.8, 4) is 11.5 Å². The van der Waals surface area contributed by atoms with Gasteiger partial charge in [-0.3, -0.25) is 4.79 Å². The number of methoxy groups -OCH3 is 1. The first-order valence-corrected chi connectivity index (χ1v) is 7.82. The molecule has 2 aromatic carbocycles. The third-order valence-electron chi connectivity index (χ3n) is 3.56. The van der Waals surface area contributed by atoms with Crippen LogP contribution in [0.5, 0.6) is 11.5 Å². The largest absolute Gasteiger partial charge is 0.586 e. The van der Waals surface area contributed by atoms with Crippen LogP contribution in [0.2, 0.25) is 0 Å². The number of hydrogen-bond donors (Lipinski definition) is 1. The molecule has 0 aliphatic carbocycles. The second-order valence-corrected chi connectivity index (χ2v) is 5.52. The van der Waals surface area contributed by atoms with E-state index in [1.54, 1.807) is 0 Å². The quantitative estimate of drug-likeness (QED) is 0.780. The van der Waals surface area contributed by atoms with Gasteiger partial charge in [0.2, 0.25) is 0 Å². The molecule has 1 amide bonds. The van der Waals surface area contributed by atoms with Gasteiger partial charge in [0.05, 0.1) is 18.2 Å². The summed E-state index contributed by atoms with van der Waals surface area (Å²) in [6, 6.07) is 9.15. The highest BCUT2D eigenvalue weighted by atomic mass is 19.3. The predicted octanol–water partition coefficient (Wildman–Crippen LogP) is 2.59. The Morgan fingerprint density at radius 3 is 2.21 bits per heavy atom. The zero-order valence-electron chi connectivity index (χ0n) is 14.4. The number of ether oxygens (including phenoxy) is 4. The van der Waals surface area contributed by atoms with Crippen molar-refractivity contribution >= 4 is 23.5 Å². The van der Waals surface area contributed by atoms with Gasteiger partial charge in [-0.15, -0.1) is 8.78 Å². The standard InChI is InChI=1S/C18H13F2NO7/c1-25-16(23)10-2-4-11(5-3-10)17(24)26-9-15(22)21-12-6-7-13-14(8-12)28-18(19,20)27-13/h2-8H,9H2,1H3,(H,21,22). The van der Waals surface area contributed by atoms with Crippen molar-refractivity contribution in [1.82, 2.24) is 0 Å². The summed E-state index contributed by atoms with van der Waals surface area (Å²) in [6.07, 6.45) is -3.76. The van der Waals surface area contributed by atoms with Crippen LogP contribution < -0.4 is 14.8 Å². The zero-order chi connectivity index (χ0) is 20.3. The molecule has 10 heteroatoms. The average Bonchev–Trinajstić information content (AvgIpc) is 2.98. The Morgan fingerprint density at radius 1 is 0.964 bits per heavy atom. The highest BCUT2D eigenvalue weighted by Gasteiger charge is 2.43. The Morgan fingerprint density at radius 2 is 1.57 bits per heavy atom. The number of hydrogen-bond acceptors (Lipinski definition) is 7. The van der Waals surface area contributed by atoms with E-state index in [1.165, 1.54) is 43.5 Å².